The van der Waals surface area contributed by atoms with Gasteiger partial charge in [-0.25, -0.2) is 8.42 Å². The first-order valence-corrected chi connectivity index (χ1v) is 9.36. The summed E-state index contributed by atoms with van der Waals surface area (Å²) < 4.78 is 30.2. The molecule has 0 bridgehead atoms. The second kappa shape index (κ2) is 7.23. The third-order valence-corrected chi connectivity index (χ3v) is 4.68. The van der Waals surface area contributed by atoms with E-state index in [2.05, 4.69) is 10.5 Å². The van der Waals surface area contributed by atoms with Crippen molar-refractivity contribution in [3.05, 3.63) is 40.6 Å². The lowest BCUT2D eigenvalue weighted by atomic mass is 10.2. The van der Waals surface area contributed by atoms with Crippen LogP contribution in [0.3, 0.4) is 0 Å². The molecule has 0 aliphatic rings. The van der Waals surface area contributed by atoms with Gasteiger partial charge in [0.15, 0.2) is 5.82 Å². The molecule has 0 spiro atoms. The molecule has 7 nitrogen and oxygen atoms in total. The van der Waals surface area contributed by atoms with Crippen LogP contribution in [0.4, 0.5) is 11.5 Å². The smallest absolute Gasteiger partial charge is 0.232 e. The van der Waals surface area contributed by atoms with Gasteiger partial charge < -0.3 is 9.84 Å². The number of nitrogens with zero attached hydrogens (tertiary/aromatic N) is 2. The monoisotopic (exact) mass is 371 g/mol. The molecule has 0 unspecified atom stereocenters. The van der Waals surface area contributed by atoms with Gasteiger partial charge in [0, 0.05) is 24.1 Å². The van der Waals surface area contributed by atoms with Gasteiger partial charge in [-0.2, -0.15) is 0 Å². The Labute approximate surface area is 145 Å². The third kappa shape index (κ3) is 4.72. The number of carbonyl (C=O) groups is 1. The van der Waals surface area contributed by atoms with E-state index in [1.54, 1.807) is 38.1 Å². The topological polar surface area (TPSA) is 92.5 Å². The van der Waals surface area contributed by atoms with Crippen molar-refractivity contribution in [3.63, 3.8) is 0 Å². The van der Waals surface area contributed by atoms with E-state index >= 15 is 0 Å². The van der Waals surface area contributed by atoms with Crippen molar-refractivity contribution in [1.29, 1.82) is 0 Å². The number of carbonyl (C=O) groups excluding carboxylic acids is 1. The molecule has 1 heterocycles. The number of nitrogens with one attached hydrogen (secondary N) is 1. The van der Waals surface area contributed by atoms with Crippen molar-refractivity contribution < 1.29 is 17.7 Å². The molecule has 0 radical (unpaired) electrons. The molecule has 1 N–H and O–H groups in total. The number of sulfonamides is 1. The van der Waals surface area contributed by atoms with Crippen molar-refractivity contribution in [2.24, 2.45) is 0 Å². The van der Waals surface area contributed by atoms with Crippen molar-refractivity contribution in [2.45, 2.75) is 20.3 Å². The zero-order chi connectivity index (χ0) is 17.9. The van der Waals surface area contributed by atoms with E-state index in [9.17, 15) is 13.2 Å². The predicted molar refractivity (Wildman–Crippen MR) is 92.9 cm³/mol. The molecule has 0 fully saturated rings. The van der Waals surface area contributed by atoms with E-state index in [1.807, 2.05) is 0 Å². The standard InChI is InChI=1S/C15H18ClN3O4S/c1-10-8-12(16)4-5-13(10)19(24(3,21)22)7-6-15(20)17-14-9-11(2)23-18-14/h4-5,8-9H,6-7H2,1-3H3,(H,17,18,20). The van der Waals surface area contributed by atoms with E-state index in [-0.39, 0.29) is 18.9 Å². The van der Waals surface area contributed by atoms with Gasteiger partial charge in [0.2, 0.25) is 15.9 Å². The van der Waals surface area contributed by atoms with Crippen molar-refractivity contribution in [1.82, 2.24) is 5.16 Å². The number of benzene rings is 1. The quantitative estimate of drug-likeness (QED) is 0.842. The zero-order valence-corrected chi connectivity index (χ0v) is 15.1. The molecule has 0 atom stereocenters. The lowest BCUT2D eigenvalue weighted by molar-refractivity contribution is -0.116. The minimum absolute atomic E-state index is 0.00394. The van der Waals surface area contributed by atoms with Crippen LogP contribution < -0.4 is 9.62 Å². The minimum Gasteiger partial charge on any atom is -0.360 e. The summed E-state index contributed by atoms with van der Waals surface area (Å²) in [6.45, 7) is 3.47. The molecule has 2 rings (SSSR count). The fraction of sp³-hybridized carbons (Fsp3) is 0.333. The highest BCUT2D eigenvalue weighted by atomic mass is 35.5. The Morgan fingerprint density at radius 1 is 1.33 bits per heavy atom. The summed E-state index contributed by atoms with van der Waals surface area (Å²) in [4.78, 5) is 12.0. The van der Waals surface area contributed by atoms with Gasteiger partial charge in [0.25, 0.3) is 0 Å². The molecular formula is C15H18ClN3O4S. The minimum atomic E-state index is -3.54. The molecule has 0 aliphatic heterocycles. The van der Waals surface area contributed by atoms with E-state index in [1.165, 1.54) is 4.31 Å². The summed E-state index contributed by atoms with van der Waals surface area (Å²) in [5.41, 5.74) is 1.20. The van der Waals surface area contributed by atoms with Crippen LogP contribution in [0.15, 0.2) is 28.8 Å². The Bertz CT molecular complexity index is 848. The van der Waals surface area contributed by atoms with Gasteiger partial charge >= 0.3 is 0 Å². The van der Waals surface area contributed by atoms with Gasteiger partial charge in [0.05, 0.1) is 11.9 Å². The molecule has 1 aromatic heterocycles. The zero-order valence-electron chi connectivity index (χ0n) is 13.5. The van der Waals surface area contributed by atoms with E-state index in [0.29, 0.717) is 27.9 Å². The fourth-order valence-corrected chi connectivity index (χ4v) is 3.41. The molecule has 0 saturated carbocycles. The van der Waals surface area contributed by atoms with Crippen LogP contribution in [-0.2, 0) is 14.8 Å². The SMILES string of the molecule is Cc1cc(NC(=O)CCN(c2ccc(Cl)cc2C)S(C)(=O)=O)no1. The molecule has 1 amide bonds. The van der Waals surface area contributed by atoms with Crippen LogP contribution in [0.5, 0.6) is 0 Å². The second-order valence-electron chi connectivity index (χ2n) is 5.39. The van der Waals surface area contributed by atoms with Gasteiger partial charge in [-0.15, -0.1) is 0 Å². The number of hydrogen-bond donors (Lipinski definition) is 1. The van der Waals surface area contributed by atoms with Crippen LogP contribution in [0.1, 0.15) is 17.7 Å². The number of halogens is 1. The summed E-state index contributed by atoms with van der Waals surface area (Å²) in [6, 6.07) is 6.49. The van der Waals surface area contributed by atoms with Gasteiger partial charge in [-0.05, 0) is 37.6 Å². The lowest BCUT2D eigenvalue weighted by Gasteiger charge is -2.24. The van der Waals surface area contributed by atoms with Crippen LogP contribution in [-0.4, -0.2) is 32.3 Å². The normalized spacial score (nSPS) is 11.3. The van der Waals surface area contributed by atoms with Crippen LogP contribution in [0, 0.1) is 13.8 Å². The summed E-state index contributed by atoms with van der Waals surface area (Å²) in [6.07, 6.45) is 1.07. The van der Waals surface area contributed by atoms with E-state index in [4.69, 9.17) is 16.1 Å². The molecule has 130 valence electrons. The van der Waals surface area contributed by atoms with E-state index in [0.717, 1.165) is 6.26 Å². The maximum Gasteiger partial charge on any atom is 0.232 e. The largest absolute Gasteiger partial charge is 0.360 e. The first kappa shape index (κ1) is 18.3. The van der Waals surface area contributed by atoms with E-state index < -0.39 is 10.0 Å². The Kier molecular flexibility index (Phi) is 5.51. The van der Waals surface area contributed by atoms with Gasteiger partial charge in [-0.1, -0.05) is 16.8 Å². The highest BCUT2D eigenvalue weighted by Gasteiger charge is 2.20. The van der Waals surface area contributed by atoms with Crippen molar-refractivity contribution in [3.8, 4) is 0 Å². The fourth-order valence-electron chi connectivity index (χ4n) is 2.20. The Balaban J connectivity index is 2.11. The summed E-state index contributed by atoms with van der Waals surface area (Å²) in [5.74, 6) is 0.509. The Morgan fingerprint density at radius 2 is 2.04 bits per heavy atom. The molecule has 24 heavy (non-hydrogen) atoms. The maximum atomic E-state index is 12.1. The first-order valence-electron chi connectivity index (χ1n) is 7.14. The third-order valence-electron chi connectivity index (χ3n) is 3.27. The lowest BCUT2D eigenvalue weighted by Crippen LogP contribution is -2.33. The number of aryl methyl sites for hydroxylation is 2. The second-order valence-corrected chi connectivity index (χ2v) is 7.73. The van der Waals surface area contributed by atoms with Crippen molar-refractivity contribution >= 4 is 39.0 Å². The van der Waals surface area contributed by atoms with Crippen LogP contribution in [0.25, 0.3) is 0 Å². The number of amides is 1. The maximum absolute atomic E-state index is 12.1. The molecule has 0 aliphatic carbocycles. The summed E-state index contributed by atoms with van der Waals surface area (Å²) in [7, 11) is -3.54. The highest BCUT2D eigenvalue weighted by Crippen LogP contribution is 2.25. The molecular weight excluding hydrogens is 354 g/mol. The predicted octanol–water partition coefficient (Wildman–Crippen LogP) is 2.74. The molecule has 0 saturated heterocycles. The van der Waals surface area contributed by atoms with Gasteiger partial charge in [-0.3, -0.25) is 9.10 Å². The Morgan fingerprint density at radius 3 is 2.58 bits per heavy atom. The molecule has 2 aromatic rings. The van der Waals surface area contributed by atoms with Gasteiger partial charge in [0.1, 0.15) is 5.76 Å². The number of rotatable bonds is 6. The number of aromatic nitrogens is 1. The van der Waals surface area contributed by atoms with Crippen molar-refractivity contribution in [2.75, 3.05) is 22.4 Å². The first-order chi connectivity index (χ1) is 11.2. The molecule has 1 aromatic carbocycles. The number of hydrogen-bond acceptors (Lipinski definition) is 5. The Hall–Kier alpha value is -2.06. The average Bonchev–Trinajstić information content (AvgIpc) is 2.85. The van der Waals surface area contributed by atoms with Crippen LogP contribution >= 0.6 is 11.6 Å². The highest BCUT2D eigenvalue weighted by molar-refractivity contribution is 7.92. The summed E-state index contributed by atoms with van der Waals surface area (Å²) in [5, 5.41) is 6.74. The summed E-state index contributed by atoms with van der Waals surface area (Å²) >= 11 is 5.91. The average molecular weight is 372 g/mol. The van der Waals surface area contributed by atoms with Crippen LogP contribution in [0.2, 0.25) is 5.02 Å². The number of anilines is 2. The molecule has 9 heteroatoms.